The smallest absolute Gasteiger partial charge is 0.283 e. The number of aromatic nitrogens is 3. The van der Waals surface area contributed by atoms with Crippen molar-refractivity contribution in [1.29, 1.82) is 0 Å². The van der Waals surface area contributed by atoms with Crippen molar-refractivity contribution in [2.24, 2.45) is 10.9 Å². The van der Waals surface area contributed by atoms with Crippen molar-refractivity contribution < 1.29 is 18.3 Å². The molecule has 0 radical (unpaired) electrons. The number of hydrogen-bond donors (Lipinski definition) is 0. The molecule has 0 N–H and O–H groups in total. The molecule has 3 aliphatic heterocycles. The number of rotatable bonds is 6. The second-order valence-corrected chi connectivity index (χ2v) is 10.3. The molecule has 204 valence electrons. The van der Waals surface area contributed by atoms with E-state index in [0.717, 1.165) is 30.5 Å². The number of amides is 1. The van der Waals surface area contributed by atoms with Crippen LogP contribution in [0.15, 0.2) is 41.5 Å². The van der Waals surface area contributed by atoms with Gasteiger partial charge in [-0.05, 0) is 42.7 Å². The van der Waals surface area contributed by atoms with E-state index in [-0.39, 0.29) is 24.4 Å². The van der Waals surface area contributed by atoms with Crippen LogP contribution in [0.2, 0.25) is 0 Å². The van der Waals surface area contributed by atoms with Crippen LogP contribution in [0, 0.1) is 17.6 Å². The first-order valence-corrected chi connectivity index (χ1v) is 13.4. The highest BCUT2D eigenvalue weighted by atomic mass is 19.2. The van der Waals surface area contributed by atoms with Gasteiger partial charge in [-0.15, -0.1) is 0 Å². The van der Waals surface area contributed by atoms with Gasteiger partial charge >= 0.3 is 0 Å². The minimum Gasteiger partial charge on any atom is -0.378 e. The molecule has 1 aromatic carbocycles. The summed E-state index contributed by atoms with van der Waals surface area (Å²) in [5.74, 6) is 0.815. The summed E-state index contributed by atoms with van der Waals surface area (Å²) >= 11 is 0. The van der Waals surface area contributed by atoms with Crippen LogP contribution < -0.4 is 9.80 Å². The molecule has 1 saturated heterocycles. The lowest BCUT2D eigenvalue weighted by Crippen LogP contribution is -2.50. The first kappa shape index (κ1) is 25.4. The Hall–Kier alpha value is -3.86. The molecule has 0 bridgehead atoms. The van der Waals surface area contributed by atoms with Crippen LogP contribution in [0.5, 0.6) is 0 Å². The summed E-state index contributed by atoms with van der Waals surface area (Å²) in [6.45, 7) is 10.2. The van der Waals surface area contributed by atoms with E-state index in [0.29, 0.717) is 55.2 Å². The average molecular weight is 536 g/mol. The van der Waals surface area contributed by atoms with Gasteiger partial charge in [0.15, 0.2) is 17.3 Å². The Bertz CT molecular complexity index is 1430. The molecule has 1 atom stereocenters. The van der Waals surface area contributed by atoms with Crippen molar-refractivity contribution in [3.05, 3.63) is 59.4 Å². The highest BCUT2D eigenvalue weighted by Gasteiger charge is 2.44. The molecule has 6 rings (SSSR count). The van der Waals surface area contributed by atoms with Gasteiger partial charge in [-0.1, -0.05) is 19.9 Å². The Morgan fingerprint density at radius 1 is 1.10 bits per heavy atom. The van der Waals surface area contributed by atoms with E-state index in [1.807, 2.05) is 28.5 Å². The molecule has 3 aromatic rings. The Morgan fingerprint density at radius 3 is 2.56 bits per heavy atom. The number of anilines is 2. The number of nitrogens with zero attached hydrogens (tertiary/aromatic N) is 7. The molecule has 0 spiro atoms. The summed E-state index contributed by atoms with van der Waals surface area (Å²) in [5, 5.41) is 0. The number of carbonyl (C=O) groups excluding carboxylic acids is 1. The minimum atomic E-state index is -0.920. The van der Waals surface area contributed by atoms with Gasteiger partial charge in [-0.25, -0.2) is 23.7 Å². The highest BCUT2D eigenvalue weighted by molar-refractivity contribution is 6.18. The van der Waals surface area contributed by atoms with Crippen molar-refractivity contribution >= 4 is 23.5 Å². The number of hydrogen-bond acceptors (Lipinski definition) is 7. The molecule has 0 unspecified atom stereocenters. The van der Waals surface area contributed by atoms with Crippen molar-refractivity contribution in [3.63, 3.8) is 0 Å². The molecule has 1 fully saturated rings. The maximum atomic E-state index is 14.2. The third kappa shape index (κ3) is 4.44. The molecule has 0 aliphatic carbocycles. The lowest BCUT2D eigenvalue weighted by molar-refractivity contribution is 0.0841. The Kier molecular flexibility index (Phi) is 6.54. The number of morpholine rings is 1. The van der Waals surface area contributed by atoms with Crippen LogP contribution in [-0.4, -0.2) is 76.7 Å². The van der Waals surface area contributed by atoms with Crippen LogP contribution in [0.25, 0.3) is 11.4 Å². The number of carbonyl (C=O) groups is 1. The zero-order valence-electron chi connectivity index (χ0n) is 22.3. The lowest BCUT2D eigenvalue weighted by Gasteiger charge is -2.33. The van der Waals surface area contributed by atoms with Crippen molar-refractivity contribution in [2.75, 3.05) is 49.2 Å². The molecular weight excluding hydrogens is 504 g/mol. The van der Waals surface area contributed by atoms with Crippen LogP contribution in [0.4, 0.5) is 20.4 Å². The quantitative estimate of drug-likeness (QED) is 0.478. The Balaban J connectivity index is 1.47. The second kappa shape index (κ2) is 10.0. The van der Waals surface area contributed by atoms with E-state index in [4.69, 9.17) is 14.7 Å². The summed E-state index contributed by atoms with van der Waals surface area (Å²) in [7, 11) is 0. The number of guanidine groups is 1. The van der Waals surface area contributed by atoms with Gasteiger partial charge in [0.2, 0.25) is 5.96 Å². The Labute approximate surface area is 225 Å². The van der Waals surface area contributed by atoms with Gasteiger partial charge in [0.1, 0.15) is 17.5 Å². The Morgan fingerprint density at radius 2 is 1.90 bits per heavy atom. The fourth-order valence-electron chi connectivity index (χ4n) is 5.34. The molecule has 1 amide bonds. The monoisotopic (exact) mass is 535 g/mol. The molecule has 2 aromatic heterocycles. The number of ether oxygens (including phenoxy) is 1. The third-order valence-corrected chi connectivity index (χ3v) is 7.53. The number of imidazole rings is 1. The van der Waals surface area contributed by atoms with Gasteiger partial charge in [-0.2, -0.15) is 0 Å². The van der Waals surface area contributed by atoms with Crippen LogP contribution in [-0.2, 0) is 11.3 Å². The number of benzene rings is 1. The summed E-state index contributed by atoms with van der Waals surface area (Å²) in [5.41, 5.74) is 1.59. The minimum absolute atomic E-state index is 0.0114. The van der Waals surface area contributed by atoms with Gasteiger partial charge in [0, 0.05) is 31.4 Å². The zero-order chi connectivity index (χ0) is 27.3. The maximum absolute atomic E-state index is 14.2. The van der Waals surface area contributed by atoms with E-state index < -0.39 is 11.6 Å². The van der Waals surface area contributed by atoms with Gasteiger partial charge in [0.05, 0.1) is 32.3 Å². The largest absolute Gasteiger partial charge is 0.378 e. The van der Waals surface area contributed by atoms with Crippen LogP contribution >= 0.6 is 0 Å². The van der Waals surface area contributed by atoms with E-state index in [1.54, 1.807) is 17.2 Å². The molecule has 5 heterocycles. The van der Waals surface area contributed by atoms with E-state index in [2.05, 4.69) is 23.7 Å². The standard InChI is InChI=1S/C28H31F2N7O2/c1-4-35-27(38)24-26(37-16-22(17(2)3)32-28(35)37)36(15-18-5-7-20(29)21(30)13-18)25(33-24)19-6-8-23(31-14-19)34-9-11-39-12-10-34/h5-8,13-14,17,22H,4,9-12,15-16H2,1-3H3/t22-/m0/s1. The summed E-state index contributed by atoms with van der Waals surface area (Å²) in [6.07, 6.45) is 1.75. The van der Waals surface area contributed by atoms with Crippen molar-refractivity contribution in [3.8, 4) is 11.4 Å². The van der Waals surface area contributed by atoms with Crippen molar-refractivity contribution in [1.82, 2.24) is 19.4 Å². The predicted molar refractivity (Wildman–Crippen MR) is 144 cm³/mol. The normalized spacial score (nSPS) is 19.0. The summed E-state index contributed by atoms with van der Waals surface area (Å²) in [4.78, 5) is 34.0. The molecule has 3 aliphatic rings. The van der Waals surface area contributed by atoms with Crippen LogP contribution in [0.1, 0.15) is 36.8 Å². The van der Waals surface area contributed by atoms with Crippen LogP contribution in [0.3, 0.4) is 0 Å². The highest BCUT2D eigenvalue weighted by Crippen LogP contribution is 2.37. The van der Waals surface area contributed by atoms with E-state index in [1.165, 1.54) is 6.07 Å². The molecule has 0 saturated carbocycles. The first-order chi connectivity index (χ1) is 18.9. The van der Waals surface area contributed by atoms with E-state index in [9.17, 15) is 13.6 Å². The van der Waals surface area contributed by atoms with Gasteiger partial charge in [-0.3, -0.25) is 14.6 Å². The summed E-state index contributed by atoms with van der Waals surface area (Å²) in [6, 6.07) is 7.74. The molecule has 9 nitrogen and oxygen atoms in total. The van der Waals surface area contributed by atoms with Gasteiger partial charge < -0.3 is 14.2 Å². The fourth-order valence-corrected chi connectivity index (χ4v) is 5.34. The fraction of sp³-hybridized carbons (Fsp3) is 0.429. The van der Waals surface area contributed by atoms with E-state index >= 15 is 0 Å². The molecule has 39 heavy (non-hydrogen) atoms. The first-order valence-electron chi connectivity index (χ1n) is 13.4. The maximum Gasteiger partial charge on any atom is 0.283 e. The number of fused-ring (bicyclic) bond motifs is 3. The zero-order valence-corrected chi connectivity index (χ0v) is 22.3. The molecule has 11 heteroatoms. The topological polar surface area (TPSA) is 79.1 Å². The lowest BCUT2D eigenvalue weighted by atomic mass is 10.1. The average Bonchev–Trinajstić information content (AvgIpc) is 3.54. The summed E-state index contributed by atoms with van der Waals surface area (Å²) < 4.78 is 35.3. The van der Waals surface area contributed by atoms with Crippen molar-refractivity contribution in [2.45, 2.75) is 33.4 Å². The number of halogens is 2. The third-order valence-electron chi connectivity index (χ3n) is 7.53. The number of pyridine rings is 1. The second-order valence-electron chi connectivity index (χ2n) is 10.3. The van der Waals surface area contributed by atoms with Gasteiger partial charge in [0.25, 0.3) is 5.91 Å². The predicted octanol–water partition coefficient (Wildman–Crippen LogP) is 3.78. The molecular formula is C28H31F2N7O2. The number of aliphatic imine (C=N–C) groups is 1. The SMILES string of the molecule is CCN1C(=O)c2nc(-c3ccc(N4CCOCC4)nc3)n(Cc3ccc(F)c(F)c3)c2N2C[C@@H](C(C)C)N=C12.